The van der Waals surface area contributed by atoms with Crippen LogP contribution in [0.25, 0.3) is 11.1 Å². The number of hydrogen-bond acceptors (Lipinski definition) is 6. The Hall–Kier alpha value is -2.32. The van der Waals surface area contributed by atoms with Crippen molar-refractivity contribution in [3.63, 3.8) is 0 Å². The number of carbonyl (C=O) groups excluding carboxylic acids is 1. The van der Waals surface area contributed by atoms with E-state index in [9.17, 15) is 19.8 Å². The number of aliphatic hydroxyl groups is 1. The minimum atomic E-state index is -1.06. The van der Waals surface area contributed by atoms with Gasteiger partial charge in [-0.15, -0.1) is 0 Å². The average Bonchev–Trinajstić information content (AvgIpc) is 3.11. The van der Waals surface area contributed by atoms with Gasteiger partial charge < -0.3 is 24.4 Å². The van der Waals surface area contributed by atoms with E-state index < -0.39 is 18.0 Å². The molecule has 2 fully saturated rings. The normalized spacial score (nSPS) is 23.9. The molecule has 28 heavy (non-hydrogen) atoms. The largest absolute Gasteiger partial charge is 0.481 e. The summed E-state index contributed by atoms with van der Waals surface area (Å²) in [6.45, 7) is 1.74. The van der Waals surface area contributed by atoms with Crippen LogP contribution in [-0.2, 0) is 9.59 Å². The van der Waals surface area contributed by atoms with Gasteiger partial charge in [-0.1, -0.05) is 11.6 Å². The molecule has 2 saturated heterocycles. The first-order valence-corrected chi connectivity index (χ1v) is 9.81. The first kappa shape index (κ1) is 19.0. The number of carboxylic acid groups (broad SMARTS) is 1. The molecule has 0 bridgehead atoms. The molecule has 2 aliphatic rings. The fourth-order valence-corrected chi connectivity index (χ4v) is 4.14. The van der Waals surface area contributed by atoms with Crippen molar-refractivity contribution in [1.82, 2.24) is 9.88 Å². The number of aliphatic hydroxyl groups excluding tert-OH is 1. The van der Waals surface area contributed by atoms with Crippen molar-refractivity contribution >= 4 is 40.6 Å². The number of aliphatic carboxylic acids is 1. The zero-order valence-electron chi connectivity index (χ0n) is 15.3. The summed E-state index contributed by atoms with van der Waals surface area (Å²) >= 11 is 5.98. The van der Waals surface area contributed by atoms with Crippen molar-refractivity contribution in [2.45, 2.75) is 25.4 Å². The van der Waals surface area contributed by atoms with Gasteiger partial charge in [0.05, 0.1) is 6.10 Å². The maximum atomic E-state index is 12.8. The molecule has 2 aliphatic heterocycles. The number of anilines is 1. The predicted molar refractivity (Wildman–Crippen MR) is 102 cm³/mol. The first-order chi connectivity index (χ1) is 13.4. The Balaban J connectivity index is 1.38. The zero-order chi connectivity index (χ0) is 19.8. The summed E-state index contributed by atoms with van der Waals surface area (Å²) in [5.74, 6) is -2.15. The van der Waals surface area contributed by atoms with Gasteiger partial charge in [0.15, 0.2) is 5.58 Å². The molecule has 0 radical (unpaired) electrons. The first-order valence-electron chi connectivity index (χ1n) is 9.43. The molecule has 2 N–H and O–H groups in total. The van der Waals surface area contributed by atoms with Crippen molar-refractivity contribution in [1.29, 1.82) is 0 Å². The van der Waals surface area contributed by atoms with Crippen LogP contribution >= 0.6 is 11.6 Å². The third kappa shape index (κ3) is 3.66. The molecule has 0 aliphatic carbocycles. The molecular formula is C19H22ClN3O5. The minimum Gasteiger partial charge on any atom is -0.481 e. The summed E-state index contributed by atoms with van der Waals surface area (Å²) in [7, 11) is 0. The second-order valence-corrected chi connectivity index (χ2v) is 7.89. The second-order valence-electron chi connectivity index (χ2n) is 7.45. The predicted octanol–water partition coefficient (Wildman–Crippen LogP) is 1.99. The van der Waals surface area contributed by atoms with Crippen molar-refractivity contribution < 1.29 is 24.2 Å². The van der Waals surface area contributed by atoms with E-state index in [1.165, 1.54) is 0 Å². The minimum absolute atomic E-state index is 0.0258. The number of carboxylic acids is 1. The van der Waals surface area contributed by atoms with E-state index in [1.807, 2.05) is 11.0 Å². The van der Waals surface area contributed by atoms with Gasteiger partial charge in [-0.2, -0.15) is 4.98 Å². The molecule has 9 heteroatoms. The molecular weight excluding hydrogens is 386 g/mol. The number of piperidine rings is 2. The number of amides is 1. The lowest BCUT2D eigenvalue weighted by atomic mass is 9.91. The van der Waals surface area contributed by atoms with Gasteiger partial charge in [-0.3, -0.25) is 9.59 Å². The number of oxazole rings is 1. The van der Waals surface area contributed by atoms with Gasteiger partial charge in [-0.25, -0.2) is 0 Å². The topological polar surface area (TPSA) is 107 Å². The Morgan fingerprint density at radius 1 is 1.18 bits per heavy atom. The number of benzene rings is 1. The quantitative estimate of drug-likeness (QED) is 0.801. The summed E-state index contributed by atoms with van der Waals surface area (Å²) < 4.78 is 5.79. The van der Waals surface area contributed by atoms with Gasteiger partial charge >= 0.3 is 5.97 Å². The van der Waals surface area contributed by atoms with Crippen LogP contribution in [0.4, 0.5) is 6.01 Å². The van der Waals surface area contributed by atoms with E-state index in [1.54, 1.807) is 17.0 Å². The fourth-order valence-electron chi connectivity index (χ4n) is 3.98. The van der Waals surface area contributed by atoms with Crippen molar-refractivity contribution in [2.75, 3.05) is 31.1 Å². The molecule has 0 unspecified atom stereocenters. The van der Waals surface area contributed by atoms with E-state index in [-0.39, 0.29) is 18.4 Å². The number of hydrogen-bond donors (Lipinski definition) is 2. The van der Waals surface area contributed by atoms with Gasteiger partial charge in [0.2, 0.25) is 5.91 Å². The molecule has 2 atom stereocenters. The highest BCUT2D eigenvalue weighted by molar-refractivity contribution is 6.31. The van der Waals surface area contributed by atoms with Crippen LogP contribution in [0.3, 0.4) is 0 Å². The van der Waals surface area contributed by atoms with Gasteiger partial charge in [-0.05, 0) is 31.4 Å². The highest BCUT2D eigenvalue weighted by atomic mass is 35.5. The van der Waals surface area contributed by atoms with Crippen molar-refractivity contribution in [3.8, 4) is 0 Å². The number of halogens is 1. The standard InChI is InChI=1S/C19H22ClN3O5/c20-12-1-2-14-16(9-12)28-19(21-14)22-6-3-11(4-7-22)17(25)23-8-5-15(24)13(10-23)18(26)27/h1-2,9,11,13,15,24H,3-8,10H2,(H,26,27)/t13-,15-/m1/s1. The summed E-state index contributed by atoms with van der Waals surface area (Å²) in [5.41, 5.74) is 1.37. The van der Waals surface area contributed by atoms with Gasteiger partial charge in [0.25, 0.3) is 6.01 Å². The lowest BCUT2D eigenvalue weighted by Crippen LogP contribution is -2.51. The summed E-state index contributed by atoms with van der Waals surface area (Å²) in [5, 5.41) is 19.7. The maximum absolute atomic E-state index is 12.8. The molecule has 1 amide bonds. The van der Waals surface area contributed by atoms with Crippen molar-refractivity contribution in [3.05, 3.63) is 23.2 Å². The molecule has 1 aromatic carbocycles. The smallest absolute Gasteiger partial charge is 0.310 e. The lowest BCUT2D eigenvalue weighted by Gasteiger charge is -2.38. The van der Waals surface area contributed by atoms with Gasteiger partial charge in [0, 0.05) is 43.2 Å². The van der Waals surface area contributed by atoms with E-state index in [4.69, 9.17) is 16.0 Å². The summed E-state index contributed by atoms with van der Waals surface area (Å²) in [4.78, 5) is 32.2. The van der Waals surface area contributed by atoms with E-state index >= 15 is 0 Å². The van der Waals surface area contributed by atoms with Crippen LogP contribution in [0.2, 0.25) is 5.02 Å². The average molecular weight is 408 g/mol. The Morgan fingerprint density at radius 2 is 1.93 bits per heavy atom. The summed E-state index contributed by atoms with van der Waals surface area (Å²) in [6.07, 6.45) is 0.702. The highest BCUT2D eigenvalue weighted by Gasteiger charge is 2.38. The lowest BCUT2D eigenvalue weighted by molar-refractivity contribution is -0.152. The maximum Gasteiger partial charge on any atom is 0.310 e. The molecule has 150 valence electrons. The number of nitrogens with zero attached hydrogens (tertiary/aromatic N) is 3. The Bertz CT molecular complexity index is 893. The molecule has 4 rings (SSSR count). The third-order valence-corrected chi connectivity index (χ3v) is 5.89. The van der Waals surface area contributed by atoms with Crippen LogP contribution in [0.1, 0.15) is 19.3 Å². The highest BCUT2D eigenvalue weighted by Crippen LogP contribution is 2.29. The van der Waals surface area contributed by atoms with Crippen LogP contribution in [0.15, 0.2) is 22.6 Å². The number of carbonyl (C=O) groups is 2. The zero-order valence-corrected chi connectivity index (χ0v) is 16.0. The fraction of sp³-hybridized carbons (Fsp3) is 0.526. The number of aromatic nitrogens is 1. The molecule has 0 saturated carbocycles. The monoisotopic (exact) mass is 407 g/mol. The van der Waals surface area contributed by atoms with E-state index in [0.29, 0.717) is 55.5 Å². The second kappa shape index (κ2) is 7.60. The Labute approximate surface area is 166 Å². The molecule has 0 spiro atoms. The number of rotatable bonds is 3. The Morgan fingerprint density at radius 3 is 2.64 bits per heavy atom. The SMILES string of the molecule is O=C(O)[C@@H]1CN(C(=O)C2CCN(c3nc4ccc(Cl)cc4o3)CC2)CC[C@H]1O. The van der Waals surface area contributed by atoms with E-state index in [0.717, 1.165) is 5.52 Å². The number of fused-ring (bicyclic) bond motifs is 1. The van der Waals surface area contributed by atoms with Crippen LogP contribution in [0.5, 0.6) is 0 Å². The molecule has 2 aromatic rings. The molecule has 3 heterocycles. The van der Waals surface area contributed by atoms with Crippen molar-refractivity contribution in [2.24, 2.45) is 11.8 Å². The Kier molecular flexibility index (Phi) is 5.16. The van der Waals surface area contributed by atoms with Crippen LogP contribution < -0.4 is 4.90 Å². The van der Waals surface area contributed by atoms with Crippen LogP contribution in [0, 0.1) is 11.8 Å². The van der Waals surface area contributed by atoms with Crippen LogP contribution in [-0.4, -0.2) is 64.3 Å². The van der Waals surface area contributed by atoms with Gasteiger partial charge in [0.1, 0.15) is 11.4 Å². The van der Waals surface area contributed by atoms with E-state index in [2.05, 4.69) is 4.98 Å². The molecule has 1 aromatic heterocycles. The summed E-state index contributed by atoms with van der Waals surface area (Å²) in [6, 6.07) is 5.83. The number of likely N-dealkylation sites (tertiary alicyclic amines) is 1. The molecule has 8 nitrogen and oxygen atoms in total. The third-order valence-electron chi connectivity index (χ3n) is 5.66.